The molecule has 1 aromatic rings. The molecule has 90 valence electrons. The summed E-state index contributed by atoms with van der Waals surface area (Å²) in [7, 11) is 1.53. The molecule has 0 amide bonds. The van der Waals surface area contributed by atoms with E-state index in [0.717, 1.165) is 4.57 Å². The summed E-state index contributed by atoms with van der Waals surface area (Å²) in [6.07, 6.45) is 0. The van der Waals surface area contributed by atoms with E-state index in [0.29, 0.717) is 0 Å². The van der Waals surface area contributed by atoms with Crippen molar-refractivity contribution in [3.05, 3.63) is 26.7 Å². The van der Waals surface area contributed by atoms with E-state index in [1.165, 1.54) is 11.6 Å². The van der Waals surface area contributed by atoms with Crippen molar-refractivity contribution in [1.29, 1.82) is 0 Å². The van der Waals surface area contributed by atoms with Crippen LogP contribution >= 0.6 is 0 Å². The Morgan fingerprint density at radius 2 is 1.75 bits per heavy atom. The van der Waals surface area contributed by atoms with Gasteiger partial charge in [-0.3, -0.25) is 4.57 Å². The van der Waals surface area contributed by atoms with Gasteiger partial charge in [0.25, 0.3) is 0 Å². The summed E-state index contributed by atoms with van der Waals surface area (Å²) in [5.41, 5.74) is -0.354. The summed E-state index contributed by atoms with van der Waals surface area (Å²) in [6.45, 7) is 7.18. The molecule has 6 heteroatoms. The maximum absolute atomic E-state index is 11.8. The Morgan fingerprint density at radius 1 is 1.19 bits per heavy atom. The van der Waals surface area contributed by atoms with Crippen molar-refractivity contribution in [2.75, 3.05) is 0 Å². The monoisotopic (exact) mass is 227 g/mol. The number of hydrogen-bond donors (Lipinski definition) is 0. The van der Waals surface area contributed by atoms with Gasteiger partial charge in [0.1, 0.15) is 0 Å². The first-order valence-corrected chi connectivity index (χ1v) is 5.21. The van der Waals surface area contributed by atoms with Gasteiger partial charge < -0.3 is 4.42 Å². The van der Waals surface area contributed by atoms with Crippen LogP contribution in [0.2, 0.25) is 0 Å². The van der Waals surface area contributed by atoms with Gasteiger partial charge in [0.15, 0.2) is 0 Å². The third kappa shape index (κ3) is 2.32. The zero-order valence-corrected chi connectivity index (χ0v) is 10.2. The Hall–Kier alpha value is -1.59. The van der Waals surface area contributed by atoms with E-state index in [9.17, 15) is 9.59 Å². The van der Waals surface area contributed by atoms with E-state index in [4.69, 9.17) is 4.42 Å². The fraction of sp³-hybridized carbons (Fsp3) is 0.700. The van der Waals surface area contributed by atoms with Crippen LogP contribution in [-0.4, -0.2) is 15.2 Å². The molecule has 0 aromatic carbocycles. The Morgan fingerprint density at radius 3 is 2.19 bits per heavy atom. The smallest absolute Gasteiger partial charge is 0.375 e. The molecule has 0 fully saturated rings. The molecule has 1 aromatic heterocycles. The van der Waals surface area contributed by atoms with E-state index in [1.807, 2.05) is 13.8 Å². The average Bonchev–Trinajstić information content (AvgIpc) is 2.12. The fourth-order valence-corrected chi connectivity index (χ4v) is 1.28. The van der Waals surface area contributed by atoms with Gasteiger partial charge in [0.2, 0.25) is 0 Å². The van der Waals surface area contributed by atoms with Crippen molar-refractivity contribution in [2.45, 2.75) is 39.8 Å². The van der Waals surface area contributed by atoms with Gasteiger partial charge in [-0.1, -0.05) is 0 Å². The first-order valence-electron chi connectivity index (χ1n) is 5.21. The van der Waals surface area contributed by atoms with E-state index < -0.39 is 11.4 Å². The maximum atomic E-state index is 11.8. The normalized spacial score (nSPS) is 12.8. The second-order valence-corrected chi connectivity index (χ2v) is 4.18. The van der Waals surface area contributed by atoms with Gasteiger partial charge >= 0.3 is 17.1 Å². The van der Waals surface area contributed by atoms with Crippen molar-refractivity contribution >= 4 is 0 Å². The molecule has 0 bridgehead atoms. The molecule has 0 atom stereocenters. The lowest BCUT2D eigenvalue weighted by molar-refractivity contribution is 0.305. The maximum Gasteiger partial charge on any atom is 0.426 e. The van der Waals surface area contributed by atoms with E-state index in [2.05, 4.69) is 4.99 Å². The van der Waals surface area contributed by atoms with Gasteiger partial charge in [0, 0.05) is 19.1 Å². The van der Waals surface area contributed by atoms with Gasteiger partial charge in [-0.15, -0.1) is 0 Å². The van der Waals surface area contributed by atoms with Crippen LogP contribution in [0, 0.1) is 0 Å². The Kier molecular flexibility index (Phi) is 3.51. The Balaban J connectivity index is 3.66. The van der Waals surface area contributed by atoms with Crippen molar-refractivity contribution in [2.24, 2.45) is 12.0 Å². The number of nitrogens with zero attached hydrogens (tertiary/aromatic N) is 3. The SMILES string of the molecule is CC(C)/N=c1/oc(=O)n(C(C)C)c(=O)n1C. The highest BCUT2D eigenvalue weighted by molar-refractivity contribution is 4.71. The predicted octanol–water partition coefficient (Wildman–Crippen LogP) is 0.0300. The molecule has 0 saturated heterocycles. The number of rotatable bonds is 2. The van der Waals surface area contributed by atoms with Crippen LogP contribution in [0.15, 0.2) is 19.0 Å². The van der Waals surface area contributed by atoms with Crippen LogP contribution in [0.4, 0.5) is 0 Å². The lowest BCUT2D eigenvalue weighted by atomic mass is 10.4. The summed E-state index contributed by atoms with van der Waals surface area (Å²) in [6, 6.07) is -0.272. The van der Waals surface area contributed by atoms with E-state index in [-0.39, 0.29) is 17.8 Å². The van der Waals surface area contributed by atoms with Crippen LogP contribution in [-0.2, 0) is 7.05 Å². The van der Waals surface area contributed by atoms with Crippen molar-refractivity contribution < 1.29 is 4.42 Å². The average molecular weight is 227 g/mol. The summed E-state index contributed by atoms with van der Waals surface area (Å²) < 4.78 is 7.29. The summed E-state index contributed by atoms with van der Waals surface area (Å²) >= 11 is 0. The highest BCUT2D eigenvalue weighted by Crippen LogP contribution is 1.92. The van der Waals surface area contributed by atoms with E-state index >= 15 is 0 Å². The minimum Gasteiger partial charge on any atom is -0.375 e. The molecule has 0 saturated carbocycles. The molecule has 6 nitrogen and oxygen atoms in total. The standard InChI is InChI=1S/C10H17N3O3/c1-6(2)11-8-12(5)9(14)13(7(3)4)10(15)16-8/h6-7H,1-5H3/b11-8+. The van der Waals surface area contributed by atoms with Gasteiger partial charge in [-0.05, 0) is 27.7 Å². The van der Waals surface area contributed by atoms with Crippen molar-refractivity contribution in [3.8, 4) is 0 Å². The summed E-state index contributed by atoms with van der Waals surface area (Å²) in [5.74, 6) is -0.669. The number of hydrogen-bond acceptors (Lipinski definition) is 4. The molecule has 16 heavy (non-hydrogen) atoms. The molecule has 1 heterocycles. The van der Waals surface area contributed by atoms with Crippen molar-refractivity contribution in [1.82, 2.24) is 9.13 Å². The Labute approximate surface area is 92.9 Å². The van der Waals surface area contributed by atoms with Gasteiger partial charge in [-0.25, -0.2) is 19.1 Å². The van der Waals surface area contributed by atoms with Crippen LogP contribution in [0.5, 0.6) is 0 Å². The van der Waals surface area contributed by atoms with Crippen molar-refractivity contribution in [3.63, 3.8) is 0 Å². The minimum absolute atomic E-state index is 0.0383. The molecule has 0 unspecified atom stereocenters. The second kappa shape index (κ2) is 4.51. The van der Waals surface area contributed by atoms with Crippen LogP contribution in [0.25, 0.3) is 0 Å². The lowest BCUT2D eigenvalue weighted by Crippen LogP contribution is -2.46. The summed E-state index contributed by atoms with van der Waals surface area (Å²) in [5, 5.41) is 0. The minimum atomic E-state index is -0.669. The Bertz CT molecular complexity index is 546. The molecular weight excluding hydrogens is 210 g/mol. The highest BCUT2D eigenvalue weighted by Gasteiger charge is 2.10. The lowest BCUT2D eigenvalue weighted by Gasteiger charge is -2.08. The third-order valence-corrected chi connectivity index (χ3v) is 2.04. The quantitative estimate of drug-likeness (QED) is 0.715. The van der Waals surface area contributed by atoms with Gasteiger partial charge in [-0.2, -0.15) is 0 Å². The van der Waals surface area contributed by atoms with E-state index in [1.54, 1.807) is 13.8 Å². The largest absolute Gasteiger partial charge is 0.426 e. The predicted molar refractivity (Wildman–Crippen MR) is 59.3 cm³/mol. The molecule has 0 aliphatic carbocycles. The molecular formula is C10H17N3O3. The highest BCUT2D eigenvalue weighted by atomic mass is 16.4. The first kappa shape index (κ1) is 12.5. The van der Waals surface area contributed by atoms with Crippen LogP contribution in [0.1, 0.15) is 33.7 Å². The molecule has 0 radical (unpaired) electrons. The molecule has 1 rings (SSSR count). The molecule has 0 N–H and O–H groups in total. The molecule has 0 aliphatic rings. The van der Waals surface area contributed by atoms with Crippen LogP contribution in [0.3, 0.4) is 0 Å². The first-order chi connectivity index (χ1) is 7.34. The van der Waals surface area contributed by atoms with Crippen LogP contribution < -0.4 is 17.1 Å². The van der Waals surface area contributed by atoms with Gasteiger partial charge in [0.05, 0.1) is 0 Å². The molecule has 0 spiro atoms. The fourth-order valence-electron chi connectivity index (χ4n) is 1.28. The number of aromatic nitrogens is 2. The third-order valence-electron chi connectivity index (χ3n) is 2.04. The topological polar surface area (TPSA) is 69.5 Å². The summed E-state index contributed by atoms with van der Waals surface area (Å²) in [4.78, 5) is 27.5. The zero-order chi connectivity index (χ0) is 12.5. The zero-order valence-electron chi connectivity index (χ0n) is 10.2. The second-order valence-electron chi connectivity index (χ2n) is 4.18. The molecule has 0 aliphatic heterocycles.